The first-order valence-electron chi connectivity index (χ1n) is 8.41. The predicted molar refractivity (Wildman–Crippen MR) is 102 cm³/mol. The summed E-state index contributed by atoms with van der Waals surface area (Å²) in [6, 6.07) is 3.79. The zero-order chi connectivity index (χ0) is 20.3. The fourth-order valence-electron chi connectivity index (χ4n) is 2.31. The molecular formula is C17H20N4O5S2. The standard InChI is InChI=1S/C17H20N4O5S2/c1-11-13(20-17(26-11)14-5-4-8-27-14)10-25-16(22)6-7-18-28(23,24)15-9-21(3)12(2)19-15/h4-5,8-9,18H,6-7,10H2,1-3H3. The lowest BCUT2D eigenvalue weighted by Gasteiger charge is -2.05. The van der Waals surface area contributed by atoms with Gasteiger partial charge in [-0.05, 0) is 25.3 Å². The second kappa shape index (κ2) is 8.25. The second-order valence-electron chi connectivity index (χ2n) is 6.04. The van der Waals surface area contributed by atoms with Gasteiger partial charge in [-0.1, -0.05) is 6.07 Å². The third-order valence-corrected chi connectivity index (χ3v) is 6.17. The Bertz CT molecular complexity index is 1050. The Morgan fingerprint density at radius 3 is 2.79 bits per heavy atom. The van der Waals surface area contributed by atoms with Gasteiger partial charge in [0.1, 0.15) is 23.9 Å². The maximum atomic E-state index is 12.2. The molecule has 3 rings (SSSR count). The van der Waals surface area contributed by atoms with Crippen molar-refractivity contribution in [1.29, 1.82) is 0 Å². The van der Waals surface area contributed by atoms with E-state index in [9.17, 15) is 13.2 Å². The average Bonchev–Trinajstić information content (AvgIpc) is 3.35. The highest BCUT2D eigenvalue weighted by Gasteiger charge is 2.19. The fourth-order valence-corrected chi connectivity index (χ4v) is 4.02. The Morgan fingerprint density at radius 1 is 1.36 bits per heavy atom. The van der Waals surface area contributed by atoms with Crippen LogP contribution in [0.15, 0.2) is 33.2 Å². The molecule has 3 aromatic heterocycles. The van der Waals surface area contributed by atoms with Crippen LogP contribution in [0, 0.1) is 13.8 Å². The molecule has 0 amide bonds. The Kier molecular flexibility index (Phi) is 5.96. The van der Waals surface area contributed by atoms with Crippen LogP contribution in [-0.2, 0) is 33.2 Å². The number of hydrogen-bond acceptors (Lipinski definition) is 8. The van der Waals surface area contributed by atoms with E-state index in [0.717, 1.165) is 4.88 Å². The van der Waals surface area contributed by atoms with Crippen LogP contribution < -0.4 is 4.72 Å². The summed E-state index contributed by atoms with van der Waals surface area (Å²) in [4.78, 5) is 21.1. The number of aryl methyl sites for hydroxylation is 3. The number of sulfonamides is 1. The maximum Gasteiger partial charge on any atom is 0.307 e. The maximum absolute atomic E-state index is 12.2. The number of nitrogens with one attached hydrogen (secondary N) is 1. The highest BCUT2D eigenvalue weighted by Crippen LogP contribution is 2.26. The van der Waals surface area contributed by atoms with Crippen LogP contribution >= 0.6 is 11.3 Å². The molecule has 0 fully saturated rings. The van der Waals surface area contributed by atoms with E-state index in [1.165, 1.54) is 17.5 Å². The van der Waals surface area contributed by atoms with Crippen LogP contribution in [0.2, 0.25) is 0 Å². The Balaban J connectivity index is 1.49. The van der Waals surface area contributed by atoms with Crippen molar-refractivity contribution in [3.05, 3.63) is 41.0 Å². The van der Waals surface area contributed by atoms with E-state index in [2.05, 4.69) is 14.7 Å². The Hall–Kier alpha value is -2.50. The largest absolute Gasteiger partial charge is 0.459 e. The minimum Gasteiger partial charge on any atom is -0.459 e. The number of carbonyl (C=O) groups is 1. The third-order valence-electron chi connectivity index (χ3n) is 3.98. The first-order valence-corrected chi connectivity index (χ1v) is 10.8. The summed E-state index contributed by atoms with van der Waals surface area (Å²) in [7, 11) is -2.07. The number of rotatable bonds is 8. The summed E-state index contributed by atoms with van der Waals surface area (Å²) < 4.78 is 39.0. The third kappa shape index (κ3) is 4.66. The first kappa shape index (κ1) is 20.2. The van der Waals surface area contributed by atoms with E-state index in [1.54, 1.807) is 25.5 Å². The number of esters is 1. The fraction of sp³-hybridized carbons (Fsp3) is 0.353. The predicted octanol–water partition coefficient (Wildman–Crippen LogP) is 2.17. The monoisotopic (exact) mass is 424 g/mol. The molecule has 3 aromatic rings. The van der Waals surface area contributed by atoms with Gasteiger partial charge in [-0.15, -0.1) is 11.3 Å². The minimum atomic E-state index is -3.77. The summed E-state index contributed by atoms with van der Waals surface area (Å²) >= 11 is 1.50. The molecule has 0 bridgehead atoms. The van der Waals surface area contributed by atoms with Gasteiger partial charge in [-0.25, -0.2) is 23.1 Å². The normalized spacial score (nSPS) is 11.7. The molecule has 150 valence electrons. The topological polar surface area (TPSA) is 116 Å². The zero-order valence-corrected chi connectivity index (χ0v) is 17.3. The molecule has 0 aliphatic carbocycles. The van der Waals surface area contributed by atoms with Crippen molar-refractivity contribution in [1.82, 2.24) is 19.3 Å². The SMILES string of the molecule is Cc1oc(-c2cccs2)nc1COC(=O)CCNS(=O)(=O)c1cn(C)c(C)n1. The van der Waals surface area contributed by atoms with Gasteiger partial charge < -0.3 is 13.7 Å². The van der Waals surface area contributed by atoms with Crippen LogP contribution in [-0.4, -0.2) is 35.5 Å². The van der Waals surface area contributed by atoms with Crippen LogP contribution in [0.3, 0.4) is 0 Å². The molecule has 1 N–H and O–H groups in total. The number of imidazole rings is 1. The van der Waals surface area contributed by atoms with Crippen molar-refractivity contribution < 1.29 is 22.4 Å². The number of carbonyl (C=O) groups excluding carboxylic acids is 1. The van der Waals surface area contributed by atoms with E-state index in [1.807, 2.05) is 17.5 Å². The van der Waals surface area contributed by atoms with E-state index >= 15 is 0 Å². The van der Waals surface area contributed by atoms with Crippen molar-refractivity contribution in [3.8, 4) is 10.8 Å². The summed E-state index contributed by atoms with van der Waals surface area (Å²) in [5.41, 5.74) is 0.529. The van der Waals surface area contributed by atoms with Crippen LogP contribution in [0.25, 0.3) is 10.8 Å². The smallest absolute Gasteiger partial charge is 0.307 e. The van der Waals surface area contributed by atoms with Gasteiger partial charge in [0, 0.05) is 19.8 Å². The van der Waals surface area contributed by atoms with Gasteiger partial charge in [0.25, 0.3) is 10.0 Å². The lowest BCUT2D eigenvalue weighted by molar-refractivity contribution is -0.144. The average molecular weight is 425 g/mol. The second-order valence-corrected chi connectivity index (χ2v) is 8.71. The van der Waals surface area contributed by atoms with Gasteiger partial charge in [0.05, 0.1) is 11.3 Å². The number of oxazole rings is 1. The lowest BCUT2D eigenvalue weighted by Crippen LogP contribution is -2.27. The molecule has 0 radical (unpaired) electrons. The van der Waals surface area contributed by atoms with Crippen molar-refractivity contribution in [2.75, 3.05) is 6.54 Å². The highest BCUT2D eigenvalue weighted by molar-refractivity contribution is 7.89. The number of ether oxygens (including phenoxy) is 1. The molecule has 0 aromatic carbocycles. The van der Waals surface area contributed by atoms with Crippen molar-refractivity contribution in [2.24, 2.45) is 7.05 Å². The summed E-state index contributed by atoms with van der Waals surface area (Å²) in [6.45, 7) is 3.32. The molecule has 11 heteroatoms. The molecule has 0 unspecified atom stereocenters. The lowest BCUT2D eigenvalue weighted by atomic mass is 10.4. The molecule has 0 atom stereocenters. The van der Waals surface area contributed by atoms with Crippen molar-refractivity contribution in [3.63, 3.8) is 0 Å². The Labute approximate surface area is 166 Å². The van der Waals surface area contributed by atoms with Crippen LogP contribution in [0.1, 0.15) is 23.7 Å². The number of aromatic nitrogens is 3. The molecule has 0 aliphatic rings. The summed E-state index contributed by atoms with van der Waals surface area (Å²) in [5, 5.41) is 1.84. The van der Waals surface area contributed by atoms with Gasteiger partial charge in [0.15, 0.2) is 5.03 Å². The molecule has 9 nitrogen and oxygen atoms in total. The van der Waals surface area contributed by atoms with E-state index in [-0.39, 0.29) is 24.6 Å². The van der Waals surface area contributed by atoms with Crippen molar-refractivity contribution in [2.45, 2.75) is 31.9 Å². The summed E-state index contributed by atoms with van der Waals surface area (Å²) in [5.74, 6) is 1.09. The molecular weight excluding hydrogens is 404 g/mol. The zero-order valence-electron chi connectivity index (χ0n) is 15.6. The highest BCUT2D eigenvalue weighted by atomic mass is 32.2. The van der Waals surface area contributed by atoms with Gasteiger partial charge in [-0.3, -0.25) is 4.79 Å². The Morgan fingerprint density at radius 2 is 2.14 bits per heavy atom. The first-order chi connectivity index (χ1) is 13.3. The molecule has 0 saturated heterocycles. The summed E-state index contributed by atoms with van der Waals surface area (Å²) in [6.07, 6.45) is 1.30. The van der Waals surface area contributed by atoms with E-state index in [4.69, 9.17) is 9.15 Å². The van der Waals surface area contributed by atoms with E-state index < -0.39 is 16.0 Å². The van der Waals surface area contributed by atoms with Gasteiger partial charge in [0.2, 0.25) is 5.89 Å². The quantitative estimate of drug-likeness (QED) is 0.551. The molecule has 0 spiro atoms. The molecule has 0 saturated carbocycles. The molecule has 0 aliphatic heterocycles. The van der Waals surface area contributed by atoms with Crippen LogP contribution in [0.5, 0.6) is 0 Å². The van der Waals surface area contributed by atoms with Crippen LogP contribution in [0.4, 0.5) is 0 Å². The van der Waals surface area contributed by atoms with Gasteiger partial charge in [-0.2, -0.15) is 0 Å². The minimum absolute atomic E-state index is 0.0360. The van der Waals surface area contributed by atoms with Crippen molar-refractivity contribution >= 4 is 27.3 Å². The van der Waals surface area contributed by atoms with Gasteiger partial charge >= 0.3 is 5.97 Å². The van der Waals surface area contributed by atoms with E-state index in [0.29, 0.717) is 23.2 Å². The molecule has 3 heterocycles. The molecule has 28 heavy (non-hydrogen) atoms. The number of nitrogens with zero attached hydrogens (tertiary/aromatic N) is 3. The number of thiophene rings is 1. The number of hydrogen-bond donors (Lipinski definition) is 1.